The van der Waals surface area contributed by atoms with Crippen molar-refractivity contribution in [2.24, 2.45) is 0 Å². The van der Waals surface area contributed by atoms with Crippen LogP contribution in [0.25, 0.3) is 0 Å². The first-order valence-corrected chi connectivity index (χ1v) is 7.84. The molecule has 0 radical (unpaired) electrons. The third-order valence-corrected chi connectivity index (χ3v) is 4.03. The number of rotatable bonds is 4. The van der Waals surface area contributed by atoms with Gasteiger partial charge in [-0.15, -0.1) is 0 Å². The van der Waals surface area contributed by atoms with Crippen LogP contribution in [0.5, 0.6) is 0 Å². The predicted molar refractivity (Wildman–Crippen MR) is 92.1 cm³/mol. The molecule has 0 aromatic heterocycles. The lowest BCUT2D eigenvalue weighted by atomic mass is 10.1. The number of hydrogen-bond acceptors (Lipinski definition) is 4. The molecular weight excluding hydrogens is 304 g/mol. The number of ether oxygens (including phenoxy) is 2. The third-order valence-electron chi connectivity index (χ3n) is 4.03. The SMILES string of the molecule is Cc1ccc(C(=O)OC(C)OC(=O)c2ccc(C)c(C)c2)cc1C. The van der Waals surface area contributed by atoms with Crippen LogP contribution in [0.1, 0.15) is 49.9 Å². The molecule has 4 nitrogen and oxygen atoms in total. The van der Waals surface area contributed by atoms with Gasteiger partial charge in [-0.2, -0.15) is 0 Å². The Hall–Kier alpha value is -2.62. The highest BCUT2D eigenvalue weighted by atomic mass is 16.7. The van der Waals surface area contributed by atoms with Crippen LogP contribution < -0.4 is 0 Å². The number of hydrogen-bond donors (Lipinski definition) is 0. The third kappa shape index (κ3) is 4.22. The van der Waals surface area contributed by atoms with Gasteiger partial charge < -0.3 is 9.47 Å². The van der Waals surface area contributed by atoms with Crippen molar-refractivity contribution >= 4 is 11.9 Å². The summed E-state index contributed by atoms with van der Waals surface area (Å²) < 4.78 is 10.4. The van der Waals surface area contributed by atoms with E-state index in [0.29, 0.717) is 11.1 Å². The maximum Gasteiger partial charge on any atom is 0.341 e. The first kappa shape index (κ1) is 17.7. The summed E-state index contributed by atoms with van der Waals surface area (Å²) in [5, 5.41) is 0. The lowest BCUT2D eigenvalue weighted by Crippen LogP contribution is -2.22. The van der Waals surface area contributed by atoms with Gasteiger partial charge in [-0.25, -0.2) is 9.59 Å². The highest BCUT2D eigenvalue weighted by Gasteiger charge is 2.17. The molecule has 0 N–H and O–H groups in total. The van der Waals surface area contributed by atoms with E-state index in [0.717, 1.165) is 22.3 Å². The quantitative estimate of drug-likeness (QED) is 0.621. The molecule has 4 heteroatoms. The second-order valence-electron chi connectivity index (χ2n) is 5.98. The Labute approximate surface area is 142 Å². The van der Waals surface area contributed by atoms with Gasteiger partial charge in [0.2, 0.25) is 6.29 Å². The van der Waals surface area contributed by atoms with E-state index in [1.165, 1.54) is 6.92 Å². The standard InChI is InChI=1S/C20H22O4/c1-12-6-8-17(10-14(12)3)19(21)23-16(5)24-20(22)18-9-7-13(2)15(4)11-18/h6-11,16H,1-5H3. The van der Waals surface area contributed by atoms with Gasteiger partial charge in [0.25, 0.3) is 0 Å². The number of aryl methyl sites for hydroxylation is 4. The van der Waals surface area contributed by atoms with Crippen LogP contribution in [0, 0.1) is 27.7 Å². The van der Waals surface area contributed by atoms with Crippen molar-refractivity contribution in [1.82, 2.24) is 0 Å². The smallest absolute Gasteiger partial charge is 0.341 e. The number of esters is 2. The van der Waals surface area contributed by atoms with Crippen molar-refractivity contribution in [3.05, 3.63) is 69.8 Å². The molecule has 2 rings (SSSR count). The van der Waals surface area contributed by atoms with E-state index < -0.39 is 18.2 Å². The number of carbonyl (C=O) groups excluding carboxylic acids is 2. The lowest BCUT2D eigenvalue weighted by molar-refractivity contribution is -0.0691. The monoisotopic (exact) mass is 326 g/mol. The summed E-state index contributed by atoms with van der Waals surface area (Å²) in [6.07, 6.45) is -0.965. The van der Waals surface area contributed by atoms with Crippen molar-refractivity contribution in [3.8, 4) is 0 Å². The van der Waals surface area contributed by atoms with Crippen LogP contribution in [0.3, 0.4) is 0 Å². The fourth-order valence-electron chi connectivity index (χ4n) is 2.20. The van der Waals surface area contributed by atoms with E-state index in [4.69, 9.17) is 9.47 Å². The Morgan fingerprint density at radius 2 is 1.08 bits per heavy atom. The second kappa shape index (κ2) is 7.30. The molecule has 0 aliphatic heterocycles. The minimum absolute atomic E-state index is 0.437. The van der Waals surface area contributed by atoms with E-state index in [1.54, 1.807) is 24.3 Å². The summed E-state index contributed by atoms with van der Waals surface area (Å²) in [7, 11) is 0. The van der Waals surface area contributed by atoms with Gasteiger partial charge in [0.1, 0.15) is 0 Å². The van der Waals surface area contributed by atoms with Crippen LogP contribution in [0.2, 0.25) is 0 Å². The summed E-state index contributed by atoms with van der Waals surface area (Å²) in [6.45, 7) is 9.32. The topological polar surface area (TPSA) is 52.6 Å². The first-order valence-electron chi connectivity index (χ1n) is 7.84. The molecule has 126 valence electrons. The van der Waals surface area contributed by atoms with E-state index >= 15 is 0 Å². The Bertz CT molecular complexity index is 712. The van der Waals surface area contributed by atoms with E-state index in [9.17, 15) is 9.59 Å². The van der Waals surface area contributed by atoms with Crippen molar-refractivity contribution in [2.75, 3.05) is 0 Å². The molecule has 0 bridgehead atoms. The average Bonchev–Trinajstić information content (AvgIpc) is 2.52. The Kier molecular flexibility index (Phi) is 5.39. The van der Waals surface area contributed by atoms with Gasteiger partial charge >= 0.3 is 11.9 Å². The predicted octanol–water partition coefficient (Wildman–Crippen LogP) is 4.28. The highest BCUT2D eigenvalue weighted by molar-refractivity contribution is 5.91. The van der Waals surface area contributed by atoms with Crippen LogP contribution in [0.4, 0.5) is 0 Å². The molecule has 2 aromatic rings. The Balaban J connectivity index is 2.00. The number of carbonyl (C=O) groups is 2. The van der Waals surface area contributed by atoms with Crippen molar-refractivity contribution in [2.45, 2.75) is 40.9 Å². The lowest BCUT2D eigenvalue weighted by Gasteiger charge is -2.15. The fourth-order valence-corrected chi connectivity index (χ4v) is 2.20. The molecule has 0 unspecified atom stereocenters. The largest absolute Gasteiger partial charge is 0.422 e. The molecule has 0 atom stereocenters. The molecule has 0 spiro atoms. The van der Waals surface area contributed by atoms with Gasteiger partial charge in [-0.05, 0) is 74.2 Å². The van der Waals surface area contributed by atoms with Gasteiger partial charge in [0.05, 0.1) is 11.1 Å². The van der Waals surface area contributed by atoms with Crippen LogP contribution >= 0.6 is 0 Å². The average molecular weight is 326 g/mol. The maximum atomic E-state index is 12.1. The zero-order valence-electron chi connectivity index (χ0n) is 14.7. The zero-order chi connectivity index (χ0) is 17.9. The minimum atomic E-state index is -0.965. The van der Waals surface area contributed by atoms with E-state index in [2.05, 4.69) is 0 Å². The molecule has 0 aliphatic rings. The molecule has 0 heterocycles. The van der Waals surface area contributed by atoms with E-state index in [-0.39, 0.29) is 0 Å². The molecule has 0 saturated carbocycles. The van der Waals surface area contributed by atoms with Crippen molar-refractivity contribution < 1.29 is 19.1 Å². The van der Waals surface area contributed by atoms with Crippen molar-refractivity contribution in [3.63, 3.8) is 0 Å². The van der Waals surface area contributed by atoms with Crippen LogP contribution in [0.15, 0.2) is 36.4 Å². The van der Waals surface area contributed by atoms with E-state index in [1.807, 2.05) is 39.8 Å². The zero-order valence-corrected chi connectivity index (χ0v) is 14.7. The molecule has 24 heavy (non-hydrogen) atoms. The van der Waals surface area contributed by atoms with Gasteiger partial charge in [0, 0.05) is 6.92 Å². The summed E-state index contributed by atoms with van der Waals surface area (Å²) >= 11 is 0. The fraction of sp³-hybridized carbons (Fsp3) is 0.300. The van der Waals surface area contributed by atoms with Gasteiger partial charge in [-0.1, -0.05) is 12.1 Å². The molecular formula is C20H22O4. The minimum Gasteiger partial charge on any atom is -0.422 e. The Morgan fingerprint density at radius 1 is 0.708 bits per heavy atom. The molecule has 0 amide bonds. The first-order chi connectivity index (χ1) is 11.3. The molecule has 2 aromatic carbocycles. The summed E-state index contributed by atoms with van der Waals surface area (Å²) in [6, 6.07) is 10.6. The van der Waals surface area contributed by atoms with Crippen LogP contribution in [-0.4, -0.2) is 18.2 Å². The number of benzene rings is 2. The summed E-state index contributed by atoms with van der Waals surface area (Å²) in [5.41, 5.74) is 5.08. The second-order valence-corrected chi connectivity index (χ2v) is 5.98. The highest BCUT2D eigenvalue weighted by Crippen LogP contribution is 2.14. The van der Waals surface area contributed by atoms with Gasteiger partial charge in [0.15, 0.2) is 0 Å². The summed E-state index contributed by atoms with van der Waals surface area (Å²) in [5.74, 6) is -1.03. The Morgan fingerprint density at radius 3 is 1.42 bits per heavy atom. The normalized spacial score (nSPS) is 10.6. The molecule has 0 saturated heterocycles. The molecule has 0 fully saturated rings. The van der Waals surface area contributed by atoms with Crippen LogP contribution in [-0.2, 0) is 9.47 Å². The van der Waals surface area contributed by atoms with Gasteiger partial charge in [-0.3, -0.25) is 0 Å². The molecule has 0 aliphatic carbocycles. The maximum absolute atomic E-state index is 12.1. The summed E-state index contributed by atoms with van der Waals surface area (Å²) in [4.78, 5) is 24.2. The van der Waals surface area contributed by atoms with Crippen molar-refractivity contribution in [1.29, 1.82) is 0 Å².